The van der Waals surface area contributed by atoms with Crippen molar-refractivity contribution < 1.29 is 4.79 Å². The molecule has 0 fully saturated rings. The number of nitrogens with zero attached hydrogens (tertiary/aromatic N) is 2. The molecule has 1 aromatic carbocycles. The van der Waals surface area contributed by atoms with Crippen LogP contribution >= 0.6 is 0 Å². The van der Waals surface area contributed by atoms with E-state index in [0.29, 0.717) is 5.69 Å². The van der Waals surface area contributed by atoms with Crippen molar-refractivity contribution >= 4 is 27.7 Å². The number of nitrogens with two attached hydrogens (primary N) is 1. The number of fused-ring (bicyclic) bond motifs is 3. The molecule has 0 aliphatic carbocycles. The molecule has 0 radical (unpaired) electrons. The Balaban J connectivity index is 2.39. The lowest BCUT2D eigenvalue weighted by Gasteiger charge is -1.98. The van der Waals surface area contributed by atoms with Crippen molar-refractivity contribution in [1.29, 1.82) is 0 Å². The second-order valence-electron chi connectivity index (χ2n) is 3.89. The van der Waals surface area contributed by atoms with E-state index in [9.17, 15) is 4.79 Å². The Morgan fingerprint density at radius 3 is 2.94 bits per heavy atom. The monoisotopic (exact) mass is 226 g/mol. The molecule has 0 unspecified atom stereocenters. The largest absolute Gasteiger partial charge is 0.369 e. The SMILES string of the molecule is NC(=O)Cc1nncc2[nH]c3ccccc3c12. The van der Waals surface area contributed by atoms with Gasteiger partial charge in [0.1, 0.15) is 0 Å². The van der Waals surface area contributed by atoms with Crippen LogP contribution in [0.1, 0.15) is 5.69 Å². The minimum atomic E-state index is -0.405. The molecule has 84 valence electrons. The summed E-state index contributed by atoms with van der Waals surface area (Å²) in [6, 6.07) is 7.86. The maximum absolute atomic E-state index is 11.0. The number of carbonyl (C=O) groups is 1. The van der Waals surface area contributed by atoms with Crippen LogP contribution in [0.4, 0.5) is 0 Å². The van der Waals surface area contributed by atoms with Crippen LogP contribution in [-0.2, 0) is 11.2 Å². The van der Waals surface area contributed by atoms with Gasteiger partial charge in [0.25, 0.3) is 0 Å². The molecule has 3 rings (SSSR count). The van der Waals surface area contributed by atoms with Gasteiger partial charge in [-0.2, -0.15) is 10.2 Å². The zero-order chi connectivity index (χ0) is 11.8. The quantitative estimate of drug-likeness (QED) is 0.687. The van der Waals surface area contributed by atoms with Crippen LogP contribution in [0.3, 0.4) is 0 Å². The molecule has 0 aliphatic rings. The highest BCUT2D eigenvalue weighted by Crippen LogP contribution is 2.26. The minimum Gasteiger partial charge on any atom is -0.369 e. The number of aromatic nitrogens is 3. The highest BCUT2D eigenvalue weighted by molar-refractivity contribution is 6.08. The number of rotatable bonds is 2. The van der Waals surface area contributed by atoms with Gasteiger partial charge in [0.05, 0.1) is 23.8 Å². The Hall–Kier alpha value is -2.43. The first-order valence-electron chi connectivity index (χ1n) is 5.25. The zero-order valence-corrected chi connectivity index (χ0v) is 8.97. The fourth-order valence-corrected chi connectivity index (χ4v) is 2.07. The molecule has 0 aliphatic heterocycles. The summed E-state index contributed by atoms with van der Waals surface area (Å²) in [6.07, 6.45) is 1.76. The van der Waals surface area contributed by atoms with Crippen molar-refractivity contribution in [2.45, 2.75) is 6.42 Å². The number of hydrogen-bond acceptors (Lipinski definition) is 3. The molecule has 3 N–H and O–H groups in total. The molecule has 0 atom stereocenters. The van der Waals surface area contributed by atoms with Crippen LogP contribution in [-0.4, -0.2) is 21.1 Å². The molecular formula is C12H10N4O. The van der Waals surface area contributed by atoms with E-state index in [-0.39, 0.29) is 6.42 Å². The lowest BCUT2D eigenvalue weighted by Crippen LogP contribution is -2.15. The van der Waals surface area contributed by atoms with Gasteiger partial charge < -0.3 is 10.7 Å². The first-order valence-corrected chi connectivity index (χ1v) is 5.25. The number of hydrogen-bond donors (Lipinski definition) is 2. The van der Waals surface area contributed by atoms with Gasteiger partial charge in [0.15, 0.2) is 0 Å². The second kappa shape index (κ2) is 3.55. The predicted molar refractivity (Wildman–Crippen MR) is 64.3 cm³/mol. The molecule has 0 saturated carbocycles. The van der Waals surface area contributed by atoms with Crippen molar-refractivity contribution in [2.75, 3.05) is 0 Å². The van der Waals surface area contributed by atoms with Crippen molar-refractivity contribution in [2.24, 2.45) is 5.73 Å². The number of H-pyrrole nitrogens is 1. The third-order valence-corrected chi connectivity index (χ3v) is 2.73. The first kappa shape index (κ1) is 9.77. The topological polar surface area (TPSA) is 84.7 Å². The predicted octanol–water partition coefficient (Wildman–Crippen LogP) is 1.14. The van der Waals surface area contributed by atoms with E-state index in [2.05, 4.69) is 15.2 Å². The number of aromatic amines is 1. The summed E-state index contributed by atoms with van der Waals surface area (Å²) in [7, 11) is 0. The third-order valence-electron chi connectivity index (χ3n) is 2.73. The fraction of sp³-hybridized carbons (Fsp3) is 0.0833. The lowest BCUT2D eigenvalue weighted by atomic mass is 10.1. The van der Waals surface area contributed by atoms with Gasteiger partial charge in [0, 0.05) is 16.3 Å². The number of primary amides is 1. The van der Waals surface area contributed by atoms with Crippen LogP contribution < -0.4 is 5.73 Å². The number of amides is 1. The molecule has 3 aromatic rings. The fourth-order valence-electron chi connectivity index (χ4n) is 2.07. The highest BCUT2D eigenvalue weighted by Gasteiger charge is 2.11. The van der Waals surface area contributed by atoms with E-state index in [1.807, 2.05) is 24.3 Å². The van der Waals surface area contributed by atoms with E-state index >= 15 is 0 Å². The van der Waals surface area contributed by atoms with Gasteiger partial charge >= 0.3 is 0 Å². The summed E-state index contributed by atoms with van der Waals surface area (Å²) in [4.78, 5) is 14.3. The van der Waals surface area contributed by atoms with E-state index < -0.39 is 5.91 Å². The normalized spacial score (nSPS) is 11.1. The maximum Gasteiger partial charge on any atom is 0.223 e. The molecule has 5 heteroatoms. The van der Waals surface area contributed by atoms with Crippen LogP contribution in [0, 0.1) is 0 Å². The highest BCUT2D eigenvalue weighted by atomic mass is 16.1. The van der Waals surface area contributed by atoms with Crippen LogP contribution in [0.5, 0.6) is 0 Å². The van der Waals surface area contributed by atoms with Crippen molar-refractivity contribution in [3.05, 3.63) is 36.2 Å². The summed E-state index contributed by atoms with van der Waals surface area (Å²) in [5.41, 5.74) is 7.70. The van der Waals surface area contributed by atoms with Gasteiger partial charge in [-0.15, -0.1) is 0 Å². The number of carbonyl (C=O) groups excluding carboxylic acids is 1. The zero-order valence-electron chi connectivity index (χ0n) is 8.97. The van der Waals surface area contributed by atoms with Gasteiger partial charge in [0.2, 0.25) is 5.91 Å². The Morgan fingerprint density at radius 2 is 2.12 bits per heavy atom. The Bertz CT molecular complexity index is 717. The molecule has 1 amide bonds. The number of benzene rings is 1. The van der Waals surface area contributed by atoms with Gasteiger partial charge in [-0.1, -0.05) is 18.2 Å². The average molecular weight is 226 g/mol. The summed E-state index contributed by atoms with van der Waals surface area (Å²) >= 11 is 0. The molecule has 0 bridgehead atoms. The molecule has 5 nitrogen and oxygen atoms in total. The summed E-state index contributed by atoms with van der Waals surface area (Å²) in [5.74, 6) is -0.405. The van der Waals surface area contributed by atoms with Gasteiger partial charge in [-0.05, 0) is 6.07 Å². The van der Waals surface area contributed by atoms with Crippen LogP contribution in [0.2, 0.25) is 0 Å². The summed E-state index contributed by atoms with van der Waals surface area (Å²) in [6.45, 7) is 0. The Morgan fingerprint density at radius 1 is 1.29 bits per heavy atom. The lowest BCUT2D eigenvalue weighted by molar-refractivity contribution is -0.117. The van der Waals surface area contributed by atoms with Crippen molar-refractivity contribution in [3.63, 3.8) is 0 Å². The van der Waals surface area contributed by atoms with E-state index in [4.69, 9.17) is 5.73 Å². The smallest absolute Gasteiger partial charge is 0.223 e. The number of nitrogens with one attached hydrogen (secondary N) is 1. The standard InChI is InChI=1S/C12H10N4O/c13-11(17)5-9-12-7-3-1-2-4-8(7)15-10(12)6-14-16-9/h1-4,6,15H,5H2,(H2,13,17). The minimum absolute atomic E-state index is 0.103. The summed E-state index contributed by atoms with van der Waals surface area (Å²) in [5, 5.41) is 9.83. The summed E-state index contributed by atoms with van der Waals surface area (Å²) < 4.78 is 0. The van der Waals surface area contributed by atoms with Crippen molar-refractivity contribution in [1.82, 2.24) is 15.2 Å². The van der Waals surface area contributed by atoms with E-state index in [0.717, 1.165) is 21.8 Å². The molecule has 17 heavy (non-hydrogen) atoms. The van der Waals surface area contributed by atoms with Crippen molar-refractivity contribution in [3.8, 4) is 0 Å². The Labute approximate surface area is 96.6 Å². The van der Waals surface area contributed by atoms with Crippen LogP contribution in [0.15, 0.2) is 30.5 Å². The molecule has 0 saturated heterocycles. The maximum atomic E-state index is 11.0. The first-order chi connectivity index (χ1) is 8.25. The second-order valence-corrected chi connectivity index (χ2v) is 3.89. The third kappa shape index (κ3) is 1.52. The van der Waals surface area contributed by atoms with Gasteiger partial charge in [-0.25, -0.2) is 0 Å². The number of para-hydroxylation sites is 1. The van der Waals surface area contributed by atoms with Gasteiger partial charge in [-0.3, -0.25) is 4.79 Å². The average Bonchev–Trinajstić information content (AvgIpc) is 2.67. The molecule has 2 heterocycles. The van der Waals surface area contributed by atoms with E-state index in [1.54, 1.807) is 6.20 Å². The van der Waals surface area contributed by atoms with E-state index in [1.165, 1.54) is 0 Å². The Kier molecular flexibility index (Phi) is 2.04. The molecule has 0 spiro atoms. The molecule has 2 aromatic heterocycles. The molecular weight excluding hydrogens is 216 g/mol. The van der Waals surface area contributed by atoms with Crippen LogP contribution in [0.25, 0.3) is 21.8 Å².